The minimum absolute atomic E-state index is 0.372. The monoisotopic (exact) mass is 384 g/mol. The normalized spacial score (nSPS) is 12.0. The van der Waals surface area contributed by atoms with Gasteiger partial charge < -0.3 is 14.7 Å². The topological polar surface area (TPSA) is 53.7 Å². The molecule has 7 heteroatoms. The lowest BCUT2D eigenvalue weighted by Crippen LogP contribution is -2.37. The first-order valence-electron chi connectivity index (χ1n) is 7.11. The van der Waals surface area contributed by atoms with Gasteiger partial charge in [-0.25, -0.2) is 0 Å². The Morgan fingerprint density at radius 1 is 1.50 bits per heavy atom. The summed E-state index contributed by atoms with van der Waals surface area (Å²) in [6, 6.07) is 6.16. The number of aromatic nitrogens is 1. The van der Waals surface area contributed by atoms with Gasteiger partial charge in [-0.05, 0) is 34.0 Å². The van der Waals surface area contributed by atoms with Gasteiger partial charge in [-0.15, -0.1) is 11.3 Å². The Morgan fingerprint density at radius 2 is 2.27 bits per heavy atom. The molecule has 2 aromatic rings. The molecule has 2 rings (SSSR count). The van der Waals surface area contributed by atoms with E-state index in [2.05, 4.69) is 62.3 Å². The van der Waals surface area contributed by atoms with Crippen LogP contribution in [0.15, 0.2) is 31.5 Å². The third-order valence-electron chi connectivity index (χ3n) is 3.18. The van der Waals surface area contributed by atoms with E-state index in [1.165, 1.54) is 4.88 Å². The fourth-order valence-corrected chi connectivity index (χ4v) is 3.52. The van der Waals surface area contributed by atoms with Gasteiger partial charge in [-0.3, -0.25) is 4.99 Å². The third-order valence-corrected chi connectivity index (χ3v) is 4.79. The molecule has 0 spiro atoms. The van der Waals surface area contributed by atoms with Gasteiger partial charge in [0.1, 0.15) is 0 Å². The lowest BCUT2D eigenvalue weighted by Gasteiger charge is -2.20. The molecule has 0 fully saturated rings. The van der Waals surface area contributed by atoms with Crippen LogP contribution in [-0.4, -0.2) is 30.1 Å². The highest BCUT2D eigenvalue weighted by atomic mass is 79.9. The molecule has 0 bridgehead atoms. The van der Waals surface area contributed by atoms with Crippen LogP contribution >= 0.6 is 27.3 Å². The van der Waals surface area contributed by atoms with Gasteiger partial charge in [0.25, 0.3) is 0 Å². The molecule has 120 valence electrons. The summed E-state index contributed by atoms with van der Waals surface area (Å²) >= 11 is 5.21. The zero-order valence-electron chi connectivity index (χ0n) is 13.3. The molecule has 0 aliphatic heterocycles. The highest BCUT2D eigenvalue weighted by Crippen LogP contribution is 2.23. The molecule has 0 radical (unpaired) electrons. The Bertz CT molecular complexity index is 635. The summed E-state index contributed by atoms with van der Waals surface area (Å²) in [7, 11) is 3.80. The van der Waals surface area contributed by atoms with Gasteiger partial charge in [-0.1, -0.05) is 19.0 Å². The van der Waals surface area contributed by atoms with Crippen LogP contribution < -0.4 is 5.32 Å². The van der Waals surface area contributed by atoms with Crippen molar-refractivity contribution in [3.8, 4) is 0 Å². The number of thiophene rings is 1. The molecule has 0 aliphatic carbocycles. The number of hydrogen-bond donors (Lipinski definition) is 1. The minimum atomic E-state index is 0.372. The van der Waals surface area contributed by atoms with Crippen LogP contribution in [0.25, 0.3) is 0 Å². The predicted octanol–water partition coefficient (Wildman–Crippen LogP) is 3.83. The van der Waals surface area contributed by atoms with E-state index in [1.54, 1.807) is 18.4 Å². The van der Waals surface area contributed by atoms with E-state index >= 15 is 0 Å². The van der Waals surface area contributed by atoms with Crippen LogP contribution in [0.4, 0.5) is 0 Å². The van der Waals surface area contributed by atoms with Crippen molar-refractivity contribution in [3.05, 3.63) is 38.3 Å². The summed E-state index contributed by atoms with van der Waals surface area (Å²) in [6.45, 7) is 5.58. The van der Waals surface area contributed by atoms with E-state index in [4.69, 9.17) is 4.52 Å². The molecule has 0 aromatic carbocycles. The molecule has 0 atom stereocenters. The lowest BCUT2D eigenvalue weighted by atomic mass is 10.1. The molecule has 1 N–H and O–H groups in total. The largest absolute Gasteiger partial charge is 0.359 e. The predicted molar refractivity (Wildman–Crippen MR) is 94.3 cm³/mol. The number of hydrogen-bond acceptors (Lipinski definition) is 4. The zero-order chi connectivity index (χ0) is 16.1. The Morgan fingerprint density at radius 3 is 2.82 bits per heavy atom. The van der Waals surface area contributed by atoms with E-state index in [-0.39, 0.29) is 0 Å². The maximum Gasteiger partial charge on any atom is 0.194 e. The van der Waals surface area contributed by atoms with Crippen molar-refractivity contribution in [1.29, 1.82) is 0 Å². The summed E-state index contributed by atoms with van der Waals surface area (Å²) in [5, 5.41) is 7.36. The molecule has 2 heterocycles. The molecular formula is C15H21BrN4OS. The molecule has 0 aliphatic rings. The highest BCUT2D eigenvalue weighted by Gasteiger charge is 2.11. The quantitative estimate of drug-likeness (QED) is 0.628. The van der Waals surface area contributed by atoms with E-state index in [0.717, 1.165) is 27.7 Å². The molecule has 0 saturated carbocycles. The van der Waals surface area contributed by atoms with Crippen LogP contribution in [0.3, 0.4) is 0 Å². The van der Waals surface area contributed by atoms with Crippen molar-refractivity contribution in [3.63, 3.8) is 0 Å². The molecule has 0 unspecified atom stereocenters. The van der Waals surface area contributed by atoms with Crippen molar-refractivity contribution in [2.45, 2.75) is 32.9 Å². The standard InChI is InChI=1S/C15H21BrN4OS/c1-10(2)13-7-11(21-19-13)8-18-15(17-3)20(4)9-12-5-6-14(16)22-12/h5-7,10H,8-9H2,1-4H3,(H,17,18). The Kier molecular flexibility index (Phi) is 6.02. The van der Waals surface area contributed by atoms with Crippen LogP contribution in [0.2, 0.25) is 0 Å². The minimum Gasteiger partial charge on any atom is -0.359 e. The third kappa shape index (κ3) is 4.58. The van der Waals surface area contributed by atoms with Crippen LogP contribution in [0.1, 0.15) is 36.1 Å². The Labute approximate surface area is 143 Å². The van der Waals surface area contributed by atoms with Crippen LogP contribution in [0.5, 0.6) is 0 Å². The van der Waals surface area contributed by atoms with E-state index in [0.29, 0.717) is 12.5 Å². The summed E-state index contributed by atoms with van der Waals surface area (Å²) in [5.74, 6) is 2.01. The van der Waals surface area contributed by atoms with E-state index < -0.39 is 0 Å². The smallest absolute Gasteiger partial charge is 0.194 e. The van der Waals surface area contributed by atoms with Gasteiger partial charge in [-0.2, -0.15) is 0 Å². The lowest BCUT2D eigenvalue weighted by molar-refractivity contribution is 0.369. The zero-order valence-corrected chi connectivity index (χ0v) is 15.7. The first kappa shape index (κ1) is 17.0. The SMILES string of the molecule is CN=C(NCc1cc(C(C)C)no1)N(C)Cc1ccc(Br)s1. The van der Waals surface area contributed by atoms with Crippen molar-refractivity contribution < 1.29 is 4.52 Å². The maximum absolute atomic E-state index is 5.33. The van der Waals surface area contributed by atoms with Gasteiger partial charge in [0.15, 0.2) is 11.7 Å². The second-order valence-corrected chi connectivity index (χ2v) is 7.88. The average Bonchev–Trinajstić information content (AvgIpc) is 3.09. The number of guanidine groups is 1. The van der Waals surface area contributed by atoms with Crippen LogP contribution in [-0.2, 0) is 13.1 Å². The van der Waals surface area contributed by atoms with Gasteiger partial charge in [0, 0.05) is 25.0 Å². The van der Waals surface area contributed by atoms with Gasteiger partial charge >= 0.3 is 0 Å². The molecular weight excluding hydrogens is 364 g/mol. The summed E-state index contributed by atoms with van der Waals surface area (Å²) in [4.78, 5) is 7.67. The van der Waals surface area contributed by atoms with Crippen molar-refractivity contribution in [2.24, 2.45) is 4.99 Å². The number of nitrogens with zero attached hydrogens (tertiary/aromatic N) is 3. The number of nitrogens with one attached hydrogen (secondary N) is 1. The Hall–Kier alpha value is -1.34. The van der Waals surface area contributed by atoms with Crippen LogP contribution in [0, 0.1) is 0 Å². The first-order valence-corrected chi connectivity index (χ1v) is 8.72. The van der Waals surface area contributed by atoms with Gasteiger partial charge in [0.05, 0.1) is 22.6 Å². The molecule has 0 amide bonds. The second-order valence-electron chi connectivity index (χ2n) is 5.34. The molecule has 22 heavy (non-hydrogen) atoms. The first-order chi connectivity index (χ1) is 10.5. The number of halogens is 1. The summed E-state index contributed by atoms with van der Waals surface area (Å²) < 4.78 is 6.47. The summed E-state index contributed by atoms with van der Waals surface area (Å²) in [5.41, 5.74) is 0.976. The maximum atomic E-state index is 5.33. The van der Waals surface area contributed by atoms with Crippen molar-refractivity contribution >= 4 is 33.2 Å². The van der Waals surface area contributed by atoms with E-state index in [9.17, 15) is 0 Å². The summed E-state index contributed by atoms with van der Waals surface area (Å²) in [6.07, 6.45) is 0. The molecule has 2 aromatic heterocycles. The van der Waals surface area contributed by atoms with Crippen molar-refractivity contribution in [1.82, 2.24) is 15.4 Å². The highest BCUT2D eigenvalue weighted by molar-refractivity contribution is 9.11. The van der Waals surface area contributed by atoms with E-state index in [1.807, 2.05) is 13.1 Å². The fraction of sp³-hybridized carbons (Fsp3) is 0.467. The Balaban J connectivity index is 1.91. The van der Waals surface area contributed by atoms with Gasteiger partial charge in [0.2, 0.25) is 0 Å². The second kappa shape index (κ2) is 7.78. The van der Waals surface area contributed by atoms with Crippen molar-refractivity contribution in [2.75, 3.05) is 14.1 Å². The number of aliphatic imine (C=N–C) groups is 1. The molecule has 5 nitrogen and oxygen atoms in total. The molecule has 0 saturated heterocycles. The number of rotatable bonds is 5. The average molecular weight is 385 g/mol. The fourth-order valence-electron chi connectivity index (χ4n) is 1.98.